The molecule has 1 aromatic heterocycles. The fourth-order valence-electron chi connectivity index (χ4n) is 1.64. The summed E-state index contributed by atoms with van der Waals surface area (Å²) >= 11 is 0. The molecule has 7 nitrogen and oxygen atoms in total. The molecule has 1 heterocycles. The summed E-state index contributed by atoms with van der Waals surface area (Å²) < 4.78 is 47.8. The summed E-state index contributed by atoms with van der Waals surface area (Å²) in [6, 6.07) is 0. The summed E-state index contributed by atoms with van der Waals surface area (Å²) in [6.07, 6.45) is 1.29. The largest absolute Gasteiger partial charge is 0.332 e. The van der Waals surface area contributed by atoms with Crippen molar-refractivity contribution in [1.82, 2.24) is 9.55 Å². The minimum absolute atomic E-state index is 0.0349. The number of sulfonamides is 1. The van der Waals surface area contributed by atoms with Crippen LogP contribution in [-0.4, -0.2) is 37.4 Å². The minimum atomic E-state index is -3.89. The lowest BCUT2D eigenvalue weighted by Crippen LogP contribution is -2.21. The quantitative estimate of drug-likeness (QED) is 0.818. The van der Waals surface area contributed by atoms with Crippen molar-refractivity contribution in [2.24, 2.45) is 5.14 Å². The highest BCUT2D eigenvalue weighted by Gasteiger charge is 2.21. The molecule has 0 radical (unpaired) electrons. The summed E-state index contributed by atoms with van der Waals surface area (Å²) in [5, 5.41) is 4.35. The molecule has 0 aromatic carbocycles. The molecule has 116 valence electrons. The number of nitrogens with two attached hydrogens (primary N) is 1. The van der Waals surface area contributed by atoms with E-state index in [9.17, 15) is 16.8 Å². The van der Waals surface area contributed by atoms with Gasteiger partial charge in [-0.25, -0.2) is 27.0 Å². The SMILES string of the molecule is CC(C)c1nc(S(N)(=O)=O)cn1CCS(=O)(=O)C(C)C. The van der Waals surface area contributed by atoms with Gasteiger partial charge in [-0.3, -0.25) is 0 Å². The molecule has 0 fully saturated rings. The van der Waals surface area contributed by atoms with E-state index in [-0.39, 0.29) is 23.2 Å². The minimum Gasteiger partial charge on any atom is -0.332 e. The van der Waals surface area contributed by atoms with E-state index < -0.39 is 25.1 Å². The molecular weight excluding hydrogens is 302 g/mol. The molecule has 0 amide bonds. The number of rotatable bonds is 6. The molecule has 0 bridgehead atoms. The predicted molar refractivity (Wildman–Crippen MR) is 76.6 cm³/mol. The van der Waals surface area contributed by atoms with Crippen LogP contribution in [0.4, 0.5) is 0 Å². The maximum absolute atomic E-state index is 11.8. The number of hydrogen-bond acceptors (Lipinski definition) is 5. The molecule has 20 heavy (non-hydrogen) atoms. The maximum atomic E-state index is 11.8. The van der Waals surface area contributed by atoms with Crippen LogP contribution in [0.3, 0.4) is 0 Å². The fourth-order valence-corrected chi connectivity index (χ4v) is 3.06. The van der Waals surface area contributed by atoms with Crippen molar-refractivity contribution in [2.75, 3.05) is 5.75 Å². The van der Waals surface area contributed by atoms with E-state index in [1.807, 2.05) is 13.8 Å². The molecule has 0 spiro atoms. The summed E-state index contributed by atoms with van der Waals surface area (Å²) in [5.74, 6) is 0.408. The van der Waals surface area contributed by atoms with Crippen LogP contribution in [0.15, 0.2) is 11.2 Å². The van der Waals surface area contributed by atoms with Gasteiger partial charge in [-0.2, -0.15) is 0 Å². The Morgan fingerprint density at radius 1 is 1.20 bits per heavy atom. The van der Waals surface area contributed by atoms with Crippen molar-refractivity contribution in [2.45, 2.75) is 50.4 Å². The Balaban J connectivity index is 3.09. The second-order valence-electron chi connectivity index (χ2n) is 5.25. The van der Waals surface area contributed by atoms with Gasteiger partial charge in [0.1, 0.15) is 5.82 Å². The van der Waals surface area contributed by atoms with Gasteiger partial charge < -0.3 is 4.57 Å². The van der Waals surface area contributed by atoms with Gasteiger partial charge in [0.15, 0.2) is 14.9 Å². The molecule has 0 aliphatic heterocycles. The lowest BCUT2D eigenvalue weighted by atomic mass is 10.2. The van der Waals surface area contributed by atoms with Crippen molar-refractivity contribution < 1.29 is 16.8 Å². The summed E-state index contributed by atoms with van der Waals surface area (Å²) in [6.45, 7) is 7.09. The first-order chi connectivity index (χ1) is 8.95. The maximum Gasteiger partial charge on any atom is 0.257 e. The van der Waals surface area contributed by atoms with Crippen LogP contribution in [0.1, 0.15) is 39.4 Å². The molecule has 0 saturated heterocycles. The van der Waals surface area contributed by atoms with Gasteiger partial charge in [0.05, 0.1) is 11.0 Å². The van der Waals surface area contributed by atoms with Gasteiger partial charge in [0.25, 0.3) is 10.0 Å². The van der Waals surface area contributed by atoms with Crippen LogP contribution < -0.4 is 5.14 Å². The average molecular weight is 323 g/mol. The van der Waals surface area contributed by atoms with Crippen molar-refractivity contribution >= 4 is 19.9 Å². The third-order valence-corrected chi connectivity index (χ3v) is 5.90. The summed E-state index contributed by atoms with van der Waals surface area (Å²) in [5.41, 5.74) is 0. The van der Waals surface area contributed by atoms with Crippen LogP contribution in [0, 0.1) is 0 Å². The zero-order valence-corrected chi connectivity index (χ0v) is 13.7. The third-order valence-electron chi connectivity index (χ3n) is 2.93. The Morgan fingerprint density at radius 2 is 1.75 bits per heavy atom. The molecule has 1 rings (SSSR count). The van der Waals surface area contributed by atoms with E-state index in [4.69, 9.17) is 5.14 Å². The lowest BCUT2D eigenvalue weighted by molar-refractivity contribution is 0.575. The number of imidazole rings is 1. The summed E-state index contributed by atoms with van der Waals surface area (Å²) in [4.78, 5) is 3.98. The Hall–Kier alpha value is -0.930. The predicted octanol–water partition coefficient (Wildman–Crippen LogP) is 0.477. The van der Waals surface area contributed by atoms with E-state index in [0.29, 0.717) is 5.82 Å². The Kier molecular flexibility index (Phi) is 4.99. The zero-order chi connectivity index (χ0) is 15.7. The molecule has 0 atom stereocenters. The molecule has 0 saturated carbocycles. The number of nitrogens with zero attached hydrogens (tertiary/aromatic N) is 2. The third kappa shape index (κ3) is 4.03. The van der Waals surface area contributed by atoms with E-state index in [2.05, 4.69) is 4.98 Å². The molecule has 0 unspecified atom stereocenters. The average Bonchev–Trinajstić information content (AvgIpc) is 2.69. The van der Waals surface area contributed by atoms with Crippen LogP contribution in [0.2, 0.25) is 0 Å². The van der Waals surface area contributed by atoms with Crippen molar-refractivity contribution in [3.63, 3.8) is 0 Å². The molecular formula is C11H21N3O4S2. The molecule has 1 aromatic rings. The monoisotopic (exact) mass is 323 g/mol. The van der Waals surface area contributed by atoms with E-state index in [1.54, 1.807) is 18.4 Å². The number of primary sulfonamides is 1. The molecule has 0 aliphatic rings. The first-order valence-electron chi connectivity index (χ1n) is 6.26. The lowest BCUT2D eigenvalue weighted by Gasteiger charge is -2.11. The van der Waals surface area contributed by atoms with Crippen molar-refractivity contribution in [1.29, 1.82) is 0 Å². The van der Waals surface area contributed by atoms with Gasteiger partial charge in [-0.05, 0) is 13.8 Å². The first kappa shape index (κ1) is 17.1. The second-order valence-corrected chi connectivity index (χ2v) is 9.43. The zero-order valence-electron chi connectivity index (χ0n) is 12.1. The van der Waals surface area contributed by atoms with Gasteiger partial charge in [0, 0.05) is 18.7 Å². The van der Waals surface area contributed by atoms with Crippen molar-refractivity contribution in [3.8, 4) is 0 Å². The highest BCUT2D eigenvalue weighted by Crippen LogP contribution is 2.17. The topological polar surface area (TPSA) is 112 Å². The fraction of sp³-hybridized carbons (Fsp3) is 0.727. The molecule has 0 aliphatic carbocycles. The van der Waals surface area contributed by atoms with Gasteiger partial charge >= 0.3 is 0 Å². The Morgan fingerprint density at radius 3 is 2.15 bits per heavy atom. The number of sulfone groups is 1. The smallest absolute Gasteiger partial charge is 0.257 e. The van der Waals surface area contributed by atoms with E-state index in [0.717, 1.165) is 0 Å². The van der Waals surface area contributed by atoms with E-state index in [1.165, 1.54) is 6.20 Å². The van der Waals surface area contributed by atoms with Gasteiger partial charge in [-0.15, -0.1) is 0 Å². The van der Waals surface area contributed by atoms with E-state index >= 15 is 0 Å². The van der Waals surface area contributed by atoms with Crippen LogP contribution in [0.25, 0.3) is 0 Å². The highest BCUT2D eigenvalue weighted by molar-refractivity contribution is 7.91. The Labute approximate surface area is 120 Å². The van der Waals surface area contributed by atoms with Gasteiger partial charge in [0.2, 0.25) is 0 Å². The molecule has 2 N–H and O–H groups in total. The van der Waals surface area contributed by atoms with Crippen LogP contribution in [0.5, 0.6) is 0 Å². The molecule has 9 heteroatoms. The number of aryl methyl sites for hydroxylation is 1. The number of aromatic nitrogens is 2. The number of hydrogen-bond donors (Lipinski definition) is 1. The summed E-state index contributed by atoms with van der Waals surface area (Å²) in [7, 11) is -7.08. The van der Waals surface area contributed by atoms with Crippen molar-refractivity contribution in [3.05, 3.63) is 12.0 Å². The Bertz CT molecular complexity index is 673. The standard InChI is InChI=1S/C11H21N3O4S2/c1-8(2)11-13-10(20(12,17)18)7-14(11)5-6-19(15,16)9(3)4/h7-9H,5-6H2,1-4H3,(H2,12,17,18). The first-order valence-corrected chi connectivity index (χ1v) is 9.52. The van der Waals surface area contributed by atoms with Gasteiger partial charge in [-0.1, -0.05) is 13.8 Å². The second kappa shape index (κ2) is 5.82. The normalized spacial score (nSPS) is 13.3. The highest BCUT2D eigenvalue weighted by atomic mass is 32.2. The van der Waals surface area contributed by atoms with Crippen LogP contribution >= 0.6 is 0 Å². The van der Waals surface area contributed by atoms with Crippen LogP contribution in [-0.2, 0) is 26.4 Å².